The fraction of sp³-hybridized carbons (Fsp3) is 0.344. The zero-order valence-electron chi connectivity index (χ0n) is 21.5. The van der Waals surface area contributed by atoms with E-state index in [2.05, 4.69) is 35.9 Å². The topological polar surface area (TPSA) is 55.6 Å². The van der Waals surface area contributed by atoms with E-state index in [1.54, 1.807) is 0 Å². The maximum absolute atomic E-state index is 13.2. The number of hydrogen-bond donors (Lipinski definition) is 1. The summed E-state index contributed by atoms with van der Waals surface area (Å²) >= 11 is 0. The number of fused-ring (bicyclic) bond motifs is 1. The van der Waals surface area contributed by atoms with Crippen LogP contribution in [0.2, 0.25) is 0 Å². The fourth-order valence-electron chi connectivity index (χ4n) is 5.60. The molecule has 1 unspecified atom stereocenters. The van der Waals surface area contributed by atoms with Crippen molar-refractivity contribution in [2.45, 2.75) is 38.5 Å². The van der Waals surface area contributed by atoms with Crippen molar-refractivity contribution in [3.63, 3.8) is 0 Å². The van der Waals surface area contributed by atoms with E-state index < -0.39 is 5.41 Å². The summed E-state index contributed by atoms with van der Waals surface area (Å²) in [7, 11) is 0. The lowest BCUT2D eigenvalue weighted by atomic mass is 9.64. The first-order valence-corrected chi connectivity index (χ1v) is 12.9. The standard InChI is InChI=1S/C28H30N2O2.C2H6.C2H2/c29-27(31)28(23-7-3-1-4-8-23,24-9-5-2-6-10-24)25-14-17-30(20-25)16-13-21-11-12-26-22(19-21)15-18-32-26;2*1-2/h1-12,19,25H,13-18,20H2,(H2,29,31);1-2H3;1-2H. The second-order valence-corrected chi connectivity index (χ2v) is 8.98. The molecule has 1 atom stereocenters. The number of nitrogens with zero attached hydrogens (tertiary/aromatic N) is 1. The first-order valence-electron chi connectivity index (χ1n) is 12.9. The second kappa shape index (κ2) is 13.0. The van der Waals surface area contributed by atoms with Crippen molar-refractivity contribution in [2.24, 2.45) is 11.7 Å². The zero-order valence-corrected chi connectivity index (χ0v) is 21.5. The first kappa shape index (κ1) is 27.0. The summed E-state index contributed by atoms with van der Waals surface area (Å²) in [5.41, 5.74) is 10.0. The van der Waals surface area contributed by atoms with Gasteiger partial charge in [-0.2, -0.15) is 0 Å². The highest BCUT2D eigenvalue weighted by atomic mass is 16.5. The Hall–Kier alpha value is -3.55. The SMILES string of the molecule is C#C.CC.NC(=O)C(c1ccccc1)(c1ccccc1)C1CCN(CCc2ccc3c(c2)CCO3)C1. The molecule has 1 fully saturated rings. The smallest absolute Gasteiger partial charge is 0.232 e. The van der Waals surface area contributed by atoms with Gasteiger partial charge in [-0.15, -0.1) is 12.8 Å². The summed E-state index contributed by atoms with van der Waals surface area (Å²) in [6.07, 6.45) is 11.0. The van der Waals surface area contributed by atoms with Crippen molar-refractivity contribution in [3.05, 3.63) is 101 Å². The van der Waals surface area contributed by atoms with E-state index in [9.17, 15) is 4.79 Å². The number of rotatable bonds is 7. The largest absolute Gasteiger partial charge is 0.493 e. The highest BCUT2D eigenvalue weighted by Crippen LogP contribution is 2.43. The first-order chi connectivity index (χ1) is 17.7. The van der Waals surface area contributed by atoms with Crippen LogP contribution in [0.25, 0.3) is 0 Å². The minimum Gasteiger partial charge on any atom is -0.493 e. The monoisotopic (exact) mass is 482 g/mol. The Morgan fingerprint density at radius 3 is 2.19 bits per heavy atom. The Labute approximate surface area is 216 Å². The number of terminal acetylenes is 1. The number of carbonyl (C=O) groups excluding carboxylic acids is 1. The van der Waals surface area contributed by atoms with Gasteiger partial charge >= 0.3 is 0 Å². The Balaban J connectivity index is 0.000000861. The summed E-state index contributed by atoms with van der Waals surface area (Å²) in [5, 5.41) is 0. The normalized spacial score (nSPS) is 16.5. The molecule has 2 N–H and O–H groups in total. The number of hydrogen-bond acceptors (Lipinski definition) is 3. The van der Waals surface area contributed by atoms with E-state index >= 15 is 0 Å². The summed E-state index contributed by atoms with van der Waals surface area (Å²) in [5.74, 6) is 0.908. The molecule has 188 valence electrons. The molecule has 0 saturated carbocycles. The molecule has 3 aromatic rings. The zero-order chi connectivity index (χ0) is 26.0. The molecule has 0 aliphatic carbocycles. The summed E-state index contributed by atoms with van der Waals surface area (Å²) < 4.78 is 5.64. The van der Waals surface area contributed by atoms with E-state index in [0.29, 0.717) is 0 Å². The van der Waals surface area contributed by atoms with Gasteiger partial charge in [0.15, 0.2) is 0 Å². The molecule has 0 radical (unpaired) electrons. The number of likely N-dealkylation sites (tertiary alicyclic amines) is 1. The van der Waals surface area contributed by atoms with E-state index in [0.717, 1.165) is 62.4 Å². The van der Waals surface area contributed by atoms with Crippen molar-refractivity contribution in [1.29, 1.82) is 0 Å². The Kier molecular flexibility index (Phi) is 9.73. The molecule has 0 bridgehead atoms. The summed E-state index contributed by atoms with van der Waals surface area (Å²) in [6.45, 7) is 7.61. The Morgan fingerprint density at radius 2 is 1.61 bits per heavy atom. The van der Waals surface area contributed by atoms with Crippen molar-refractivity contribution in [1.82, 2.24) is 4.90 Å². The minimum absolute atomic E-state index is 0.137. The number of carbonyl (C=O) groups is 1. The van der Waals surface area contributed by atoms with Crippen LogP contribution < -0.4 is 10.5 Å². The number of benzene rings is 3. The van der Waals surface area contributed by atoms with Gasteiger partial charge in [0.25, 0.3) is 0 Å². The quantitative estimate of drug-likeness (QED) is 0.469. The molecule has 2 aliphatic heterocycles. The van der Waals surface area contributed by atoms with Crippen LogP contribution in [0.15, 0.2) is 78.9 Å². The van der Waals surface area contributed by atoms with Crippen molar-refractivity contribution in [2.75, 3.05) is 26.2 Å². The fourth-order valence-corrected chi connectivity index (χ4v) is 5.60. The molecule has 5 rings (SSSR count). The minimum atomic E-state index is -0.817. The van der Waals surface area contributed by atoms with Gasteiger partial charge in [0, 0.05) is 19.5 Å². The molecule has 36 heavy (non-hydrogen) atoms. The molecule has 0 spiro atoms. The van der Waals surface area contributed by atoms with Gasteiger partial charge < -0.3 is 15.4 Å². The summed E-state index contributed by atoms with van der Waals surface area (Å²) in [6, 6.07) is 26.7. The van der Waals surface area contributed by atoms with E-state index in [1.807, 2.05) is 74.5 Å². The predicted octanol–water partition coefficient (Wildman–Crippen LogP) is 5.23. The average molecular weight is 483 g/mol. The molecule has 4 nitrogen and oxygen atoms in total. The van der Waals surface area contributed by atoms with Crippen LogP contribution in [0.3, 0.4) is 0 Å². The Bertz CT molecular complexity index is 1090. The van der Waals surface area contributed by atoms with E-state index in [-0.39, 0.29) is 11.8 Å². The highest BCUT2D eigenvalue weighted by Gasteiger charge is 2.49. The molecular weight excluding hydrogens is 444 g/mol. The third kappa shape index (κ3) is 5.48. The molecule has 0 aromatic heterocycles. The second-order valence-electron chi connectivity index (χ2n) is 8.98. The van der Waals surface area contributed by atoms with Crippen molar-refractivity contribution in [3.8, 4) is 18.6 Å². The van der Waals surface area contributed by atoms with Gasteiger partial charge in [-0.3, -0.25) is 4.79 Å². The molecule has 3 aromatic carbocycles. The van der Waals surface area contributed by atoms with Crippen LogP contribution in [0, 0.1) is 18.8 Å². The van der Waals surface area contributed by atoms with Crippen LogP contribution >= 0.6 is 0 Å². The molecule has 4 heteroatoms. The van der Waals surface area contributed by atoms with Gasteiger partial charge in [0.05, 0.1) is 6.61 Å². The number of amides is 1. The Morgan fingerprint density at radius 1 is 1.00 bits per heavy atom. The van der Waals surface area contributed by atoms with Crippen molar-refractivity contribution < 1.29 is 9.53 Å². The van der Waals surface area contributed by atoms with E-state index in [1.165, 1.54) is 11.1 Å². The van der Waals surface area contributed by atoms with Crippen molar-refractivity contribution >= 4 is 5.91 Å². The van der Waals surface area contributed by atoms with Crippen LogP contribution in [-0.2, 0) is 23.1 Å². The highest BCUT2D eigenvalue weighted by molar-refractivity contribution is 5.91. The maximum atomic E-state index is 13.2. The third-order valence-electron chi connectivity index (χ3n) is 7.20. The lowest BCUT2D eigenvalue weighted by Gasteiger charge is -2.37. The van der Waals surface area contributed by atoms with Gasteiger partial charge in [0.1, 0.15) is 11.2 Å². The van der Waals surface area contributed by atoms with Crippen LogP contribution in [0.1, 0.15) is 42.5 Å². The maximum Gasteiger partial charge on any atom is 0.232 e. The van der Waals surface area contributed by atoms with Gasteiger partial charge in [-0.1, -0.05) is 86.6 Å². The van der Waals surface area contributed by atoms with Crippen LogP contribution in [0.5, 0.6) is 5.75 Å². The number of nitrogens with two attached hydrogens (primary N) is 1. The lowest BCUT2D eigenvalue weighted by Crippen LogP contribution is -2.49. The average Bonchev–Trinajstić information content (AvgIpc) is 3.61. The number of ether oxygens (including phenoxy) is 1. The summed E-state index contributed by atoms with van der Waals surface area (Å²) in [4.78, 5) is 15.7. The van der Waals surface area contributed by atoms with Crippen LogP contribution in [0.4, 0.5) is 0 Å². The van der Waals surface area contributed by atoms with Crippen LogP contribution in [-0.4, -0.2) is 37.0 Å². The van der Waals surface area contributed by atoms with Gasteiger partial charge in [0.2, 0.25) is 5.91 Å². The number of primary amides is 1. The van der Waals surface area contributed by atoms with E-state index in [4.69, 9.17) is 10.5 Å². The third-order valence-corrected chi connectivity index (χ3v) is 7.20. The predicted molar refractivity (Wildman–Crippen MR) is 148 cm³/mol. The molecule has 1 saturated heterocycles. The molecule has 1 amide bonds. The molecule has 2 aliphatic rings. The molecule has 2 heterocycles. The molecular formula is C32H38N2O2. The van der Waals surface area contributed by atoms with Gasteiger partial charge in [-0.05, 0) is 53.6 Å². The van der Waals surface area contributed by atoms with Gasteiger partial charge in [-0.25, -0.2) is 0 Å². The lowest BCUT2D eigenvalue weighted by molar-refractivity contribution is -0.123.